The van der Waals surface area contributed by atoms with Gasteiger partial charge in [0.05, 0.1) is 0 Å². The summed E-state index contributed by atoms with van der Waals surface area (Å²) in [5.74, 6) is 7.66. The third kappa shape index (κ3) is 3.73. The summed E-state index contributed by atoms with van der Waals surface area (Å²) < 4.78 is 0. The van der Waals surface area contributed by atoms with Gasteiger partial charge in [0.25, 0.3) is 0 Å². The molecule has 3 saturated carbocycles. The van der Waals surface area contributed by atoms with E-state index in [-0.39, 0.29) is 0 Å². The van der Waals surface area contributed by atoms with Gasteiger partial charge in [-0.1, -0.05) is 59.3 Å². The average Bonchev–Trinajstić information content (AvgIpc) is 2.87. The Morgan fingerprint density at radius 2 is 1.41 bits per heavy atom. The van der Waals surface area contributed by atoms with Crippen LogP contribution in [0.4, 0.5) is 0 Å². The first-order valence-corrected chi connectivity index (χ1v) is 10.7. The van der Waals surface area contributed by atoms with Crippen LogP contribution in [0, 0.1) is 41.4 Å². The Balaban J connectivity index is 1.37. The third-order valence-corrected chi connectivity index (χ3v) is 8.13. The van der Waals surface area contributed by atoms with E-state index in [1.54, 1.807) is 44.9 Å². The quantitative estimate of drug-likeness (QED) is 0.449. The Hall–Kier alpha value is 0. The molecule has 4 unspecified atom stereocenters. The van der Waals surface area contributed by atoms with Crippen LogP contribution in [0.1, 0.15) is 97.8 Å². The van der Waals surface area contributed by atoms with Crippen molar-refractivity contribution in [3.63, 3.8) is 0 Å². The van der Waals surface area contributed by atoms with E-state index in [0.29, 0.717) is 0 Å². The molecule has 0 aromatic carbocycles. The molecule has 0 spiro atoms. The number of hydrogen-bond acceptors (Lipinski definition) is 0. The van der Waals surface area contributed by atoms with Gasteiger partial charge in [-0.3, -0.25) is 0 Å². The van der Waals surface area contributed by atoms with E-state index in [4.69, 9.17) is 0 Å². The van der Waals surface area contributed by atoms with Gasteiger partial charge in [-0.2, -0.15) is 0 Å². The highest BCUT2D eigenvalue weighted by atomic mass is 14.5. The molecule has 3 fully saturated rings. The van der Waals surface area contributed by atoms with Crippen molar-refractivity contribution in [1.29, 1.82) is 0 Å². The molecular formula is C22H40. The van der Waals surface area contributed by atoms with Crippen molar-refractivity contribution in [3.05, 3.63) is 0 Å². The summed E-state index contributed by atoms with van der Waals surface area (Å²) in [6.07, 6.45) is 18.4. The molecular weight excluding hydrogens is 264 g/mol. The fraction of sp³-hybridized carbons (Fsp3) is 1.00. The minimum atomic E-state index is 0.947. The Morgan fingerprint density at radius 3 is 1.95 bits per heavy atom. The fourth-order valence-corrected chi connectivity index (χ4v) is 5.77. The standard InChI is InChI=1S/C22H40/c1-4-16(3)9-10-17(5-2)21-14-22(15-21)20-12-11-19(13-20)18-7-6-8-18/h16-22H,4-15H2,1-3H3. The zero-order valence-corrected chi connectivity index (χ0v) is 15.5. The maximum atomic E-state index is 2.44. The van der Waals surface area contributed by atoms with Crippen molar-refractivity contribution in [2.24, 2.45) is 41.4 Å². The Bertz CT molecular complexity index is 317. The van der Waals surface area contributed by atoms with E-state index >= 15 is 0 Å². The second-order valence-electron chi connectivity index (χ2n) is 9.27. The van der Waals surface area contributed by atoms with Gasteiger partial charge in [0, 0.05) is 0 Å². The summed E-state index contributed by atoms with van der Waals surface area (Å²) >= 11 is 0. The number of hydrogen-bond donors (Lipinski definition) is 0. The first kappa shape index (κ1) is 16.8. The van der Waals surface area contributed by atoms with Gasteiger partial charge in [0.1, 0.15) is 0 Å². The molecule has 3 aliphatic carbocycles. The van der Waals surface area contributed by atoms with Crippen molar-refractivity contribution in [1.82, 2.24) is 0 Å². The van der Waals surface area contributed by atoms with Gasteiger partial charge in [-0.15, -0.1) is 0 Å². The molecule has 0 aromatic heterocycles. The molecule has 22 heavy (non-hydrogen) atoms. The van der Waals surface area contributed by atoms with Crippen LogP contribution in [0.3, 0.4) is 0 Å². The van der Waals surface area contributed by atoms with Crippen molar-refractivity contribution in [2.75, 3.05) is 0 Å². The van der Waals surface area contributed by atoms with E-state index in [1.165, 1.54) is 32.1 Å². The van der Waals surface area contributed by atoms with Crippen molar-refractivity contribution < 1.29 is 0 Å². The van der Waals surface area contributed by atoms with E-state index in [2.05, 4.69) is 20.8 Å². The van der Waals surface area contributed by atoms with E-state index in [1.807, 2.05) is 0 Å². The van der Waals surface area contributed by atoms with Crippen molar-refractivity contribution >= 4 is 0 Å². The summed E-state index contributed by atoms with van der Waals surface area (Å²) in [4.78, 5) is 0. The molecule has 0 heterocycles. The lowest BCUT2D eigenvalue weighted by atomic mass is 9.61. The lowest BCUT2D eigenvalue weighted by Gasteiger charge is -2.44. The molecule has 0 aromatic rings. The van der Waals surface area contributed by atoms with Gasteiger partial charge in [0.15, 0.2) is 0 Å². The maximum absolute atomic E-state index is 2.44. The van der Waals surface area contributed by atoms with Crippen LogP contribution in [-0.2, 0) is 0 Å². The molecule has 0 bridgehead atoms. The predicted octanol–water partition coefficient (Wildman–Crippen LogP) is 7.08. The van der Waals surface area contributed by atoms with Gasteiger partial charge < -0.3 is 0 Å². The Morgan fingerprint density at radius 1 is 0.727 bits per heavy atom. The van der Waals surface area contributed by atoms with Crippen molar-refractivity contribution in [2.45, 2.75) is 97.8 Å². The van der Waals surface area contributed by atoms with E-state index in [0.717, 1.165) is 41.4 Å². The highest BCUT2D eigenvalue weighted by Gasteiger charge is 2.42. The van der Waals surface area contributed by atoms with Gasteiger partial charge in [-0.25, -0.2) is 0 Å². The Labute approximate surface area is 139 Å². The lowest BCUT2D eigenvalue weighted by molar-refractivity contribution is 0.0642. The molecule has 0 N–H and O–H groups in total. The van der Waals surface area contributed by atoms with Gasteiger partial charge in [0.2, 0.25) is 0 Å². The van der Waals surface area contributed by atoms with Crippen LogP contribution in [-0.4, -0.2) is 0 Å². The zero-order valence-electron chi connectivity index (χ0n) is 15.5. The molecule has 3 rings (SSSR count). The molecule has 0 nitrogen and oxygen atoms in total. The highest BCUT2D eigenvalue weighted by Crippen LogP contribution is 2.53. The van der Waals surface area contributed by atoms with Crippen LogP contribution < -0.4 is 0 Å². The SMILES string of the molecule is CCC(C)CCC(CC)C1CC(C2CCC(C3CCC3)C2)C1. The smallest absolute Gasteiger partial charge is 0.0380 e. The van der Waals surface area contributed by atoms with Gasteiger partial charge >= 0.3 is 0 Å². The van der Waals surface area contributed by atoms with Gasteiger partial charge in [-0.05, 0) is 80.0 Å². The molecule has 0 aliphatic heterocycles. The maximum Gasteiger partial charge on any atom is -0.0380 e. The second kappa shape index (κ2) is 7.71. The molecule has 0 radical (unpaired) electrons. The van der Waals surface area contributed by atoms with E-state index in [9.17, 15) is 0 Å². The van der Waals surface area contributed by atoms with Crippen LogP contribution in [0.2, 0.25) is 0 Å². The highest BCUT2D eigenvalue weighted by molar-refractivity contribution is 4.93. The lowest BCUT2D eigenvalue weighted by Crippen LogP contribution is -2.34. The minimum absolute atomic E-state index is 0.947. The predicted molar refractivity (Wildman–Crippen MR) is 96.9 cm³/mol. The molecule has 3 aliphatic rings. The largest absolute Gasteiger partial charge is 0.0651 e. The summed E-state index contributed by atoms with van der Waals surface area (Å²) in [5, 5.41) is 0. The van der Waals surface area contributed by atoms with Crippen LogP contribution in [0.5, 0.6) is 0 Å². The first-order chi connectivity index (χ1) is 10.7. The molecule has 0 amide bonds. The summed E-state index contributed by atoms with van der Waals surface area (Å²) in [6.45, 7) is 7.23. The molecule has 0 heteroatoms. The van der Waals surface area contributed by atoms with Crippen LogP contribution >= 0.6 is 0 Å². The average molecular weight is 305 g/mol. The van der Waals surface area contributed by atoms with Crippen molar-refractivity contribution in [3.8, 4) is 0 Å². The first-order valence-electron chi connectivity index (χ1n) is 10.7. The fourth-order valence-electron chi connectivity index (χ4n) is 5.77. The number of rotatable bonds is 8. The van der Waals surface area contributed by atoms with Crippen LogP contribution in [0.25, 0.3) is 0 Å². The summed E-state index contributed by atoms with van der Waals surface area (Å²) in [5.41, 5.74) is 0. The summed E-state index contributed by atoms with van der Waals surface area (Å²) in [6, 6.07) is 0. The zero-order chi connectivity index (χ0) is 15.5. The molecule has 4 atom stereocenters. The van der Waals surface area contributed by atoms with E-state index < -0.39 is 0 Å². The molecule has 0 saturated heterocycles. The second-order valence-corrected chi connectivity index (χ2v) is 9.27. The topological polar surface area (TPSA) is 0 Å². The van der Waals surface area contributed by atoms with Crippen LogP contribution in [0.15, 0.2) is 0 Å². The minimum Gasteiger partial charge on any atom is -0.0651 e. The Kier molecular flexibility index (Phi) is 5.91. The summed E-state index contributed by atoms with van der Waals surface area (Å²) in [7, 11) is 0. The monoisotopic (exact) mass is 304 g/mol. The normalized spacial score (nSPS) is 38.3. The molecule has 128 valence electrons. The third-order valence-electron chi connectivity index (χ3n) is 8.13.